The van der Waals surface area contributed by atoms with Crippen molar-refractivity contribution in [3.8, 4) is 0 Å². The second-order valence-corrected chi connectivity index (χ2v) is 4.96. The van der Waals surface area contributed by atoms with Gasteiger partial charge in [0, 0.05) is 12.2 Å². The highest BCUT2D eigenvalue weighted by atomic mass is 32.2. The monoisotopic (exact) mass is 224 g/mol. The topological polar surface area (TPSA) is 24.9 Å². The van der Waals surface area contributed by atoms with Gasteiger partial charge in [0.2, 0.25) is 0 Å². The third-order valence-corrected chi connectivity index (χ3v) is 3.20. The Labute approximate surface area is 96.9 Å². The Balaban J connectivity index is 2.31. The number of aromatic nitrogens is 1. The number of rotatable bonds is 6. The largest absolute Gasteiger partial charge is 0.384 e. The molecule has 1 aromatic heterocycles. The smallest absolute Gasteiger partial charge is 0.0606 e. The maximum absolute atomic E-state index is 4.42. The molecule has 84 valence electrons. The van der Waals surface area contributed by atoms with Crippen LogP contribution in [-0.4, -0.2) is 23.0 Å². The minimum Gasteiger partial charge on any atom is -0.384 e. The minimum absolute atomic E-state index is 1.04. The van der Waals surface area contributed by atoms with E-state index in [-0.39, 0.29) is 0 Å². The first-order valence-corrected chi connectivity index (χ1v) is 6.65. The van der Waals surface area contributed by atoms with Gasteiger partial charge in [-0.3, -0.25) is 4.98 Å². The Kier molecular flexibility index (Phi) is 5.54. The summed E-state index contributed by atoms with van der Waals surface area (Å²) < 4.78 is 0. The molecule has 1 aromatic rings. The average Bonchev–Trinajstić information content (AvgIpc) is 2.20. The van der Waals surface area contributed by atoms with E-state index in [9.17, 15) is 0 Å². The van der Waals surface area contributed by atoms with Crippen LogP contribution in [0.3, 0.4) is 0 Å². The SMILES string of the molecule is CCSCCCNc1ccc(C)nc1C. The van der Waals surface area contributed by atoms with Crippen LogP contribution in [0.15, 0.2) is 12.1 Å². The lowest BCUT2D eigenvalue weighted by molar-refractivity contribution is 0.981. The van der Waals surface area contributed by atoms with Crippen molar-refractivity contribution in [2.45, 2.75) is 27.2 Å². The zero-order valence-electron chi connectivity index (χ0n) is 9.84. The fraction of sp³-hybridized carbons (Fsp3) is 0.583. The summed E-state index contributed by atoms with van der Waals surface area (Å²) in [6.07, 6.45) is 1.21. The molecule has 0 bridgehead atoms. The van der Waals surface area contributed by atoms with Gasteiger partial charge in [-0.05, 0) is 43.9 Å². The average molecular weight is 224 g/mol. The number of hydrogen-bond donors (Lipinski definition) is 1. The van der Waals surface area contributed by atoms with Gasteiger partial charge >= 0.3 is 0 Å². The number of hydrogen-bond acceptors (Lipinski definition) is 3. The van der Waals surface area contributed by atoms with Crippen LogP contribution in [0, 0.1) is 13.8 Å². The Bertz CT molecular complexity index is 300. The summed E-state index contributed by atoms with van der Waals surface area (Å²) in [7, 11) is 0. The predicted molar refractivity (Wildman–Crippen MR) is 69.8 cm³/mol. The second kappa shape index (κ2) is 6.72. The maximum Gasteiger partial charge on any atom is 0.0606 e. The number of thioether (sulfide) groups is 1. The van der Waals surface area contributed by atoms with Gasteiger partial charge in [0.15, 0.2) is 0 Å². The Morgan fingerprint density at radius 2 is 2.13 bits per heavy atom. The van der Waals surface area contributed by atoms with Crippen molar-refractivity contribution < 1.29 is 0 Å². The quantitative estimate of drug-likeness (QED) is 0.751. The van der Waals surface area contributed by atoms with Gasteiger partial charge in [-0.2, -0.15) is 11.8 Å². The van der Waals surface area contributed by atoms with E-state index in [1.165, 1.54) is 23.6 Å². The van der Waals surface area contributed by atoms with Crippen molar-refractivity contribution in [1.82, 2.24) is 4.98 Å². The third kappa shape index (κ3) is 4.56. The lowest BCUT2D eigenvalue weighted by Crippen LogP contribution is -2.05. The molecule has 0 saturated carbocycles. The van der Waals surface area contributed by atoms with Gasteiger partial charge in [-0.25, -0.2) is 0 Å². The molecular formula is C12H20N2S. The Morgan fingerprint density at radius 3 is 2.80 bits per heavy atom. The number of nitrogens with one attached hydrogen (secondary N) is 1. The van der Waals surface area contributed by atoms with Crippen molar-refractivity contribution in [1.29, 1.82) is 0 Å². The molecule has 2 nitrogen and oxygen atoms in total. The van der Waals surface area contributed by atoms with Gasteiger partial charge in [-0.15, -0.1) is 0 Å². The molecule has 0 radical (unpaired) electrons. The first kappa shape index (κ1) is 12.4. The van der Waals surface area contributed by atoms with E-state index in [0.717, 1.165) is 17.9 Å². The van der Waals surface area contributed by atoms with E-state index in [1.807, 2.05) is 18.7 Å². The molecule has 0 aromatic carbocycles. The zero-order valence-corrected chi connectivity index (χ0v) is 10.7. The highest BCUT2D eigenvalue weighted by molar-refractivity contribution is 7.99. The first-order valence-electron chi connectivity index (χ1n) is 5.50. The van der Waals surface area contributed by atoms with Crippen LogP contribution in [0.2, 0.25) is 0 Å². The summed E-state index contributed by atoms with van der Waals surface area (Å²) in [6.45, 7) is 7.31. The van der Waals surface area contributed by atoms with Crippen molar-refractivity contribution in [3.63, 3.8) is 0 Å². The van der Waals surface area contributed by atoms with Gasteiger partial charge in [0.1, 0.15) is 0 Å². The molecular weight excluding hydrogens is 204 g/mol. The molecule has 1 heterocycles. The lowest BCUT2D eigenvalue weighted by atomic mass is 10.2. The number of pyridine rings is 1. The van der Waals surface area contributed by atoms with Gasteiger partial charge < -0.3 is 5.32 Å². The fourth-order valence-electron chi connectivity index (χ4n) is 1.42. The second-order valence-electron chi connectivity index (χ2n) is 3.56. The highest BCUT2D eigenvalue weighted by Gasteiger charge is 1.98. The van der Waals surface area contributed by atoms with Crippen LogP contribution < -0.4 is 5.32 Å². The molecule has 0 aliphatic rings. The number of aryl methyl sites for hydroxylation is 2. The van der Waals surface area contributed by atoms with Crippen molar-refractivity contribution >= 4 is 17.4 Å². The normalized spacial score (nSPS) is 10.3. The highest BCUT2D eigenvalue weighted by Crippen LogP contribution is 2.12. The standard InChI is InChI=1S/C12H20N2S/c1-4-15-9-5-8-13-12-7-6-10(2)14-11(12)3/h6-7,13H,4-5,8-9H2,1-3H3. The fourth-order valence-corrected chi connectivity index (χ4v) is 2.05. The number of anilines is 1. The van der Waals surface area contributed by atoms with Gasteiger partial charge in [0.25, 0.3) is 0 Å². The summed E-state index contributed by atoms with van der Waals surface area (Å²) in [5, 5.41) is 3.42. The molecule has 0 spiro atoms. The van der Waals surface area contributed by atoms with E-state index in [1.54, 1.807) is 0 Å². The molecule has 0 unspecified atom stereocenters. The summed E-state index contributed by atoms with van der Waals surface area (Å²) in [6, 6.07) is 4.17. The van der Waals surface area contributed by atoms with Crippen molar-refractivity contribution in [3.05, 3.63) is 23.5 Å². The van der Waals surface area contributed by atoms with Crippen LogP contribution in [0.5, 0.6) is 0 Å². The summed E-state index contributed by atoms with van der Waals surface area (Å²) in [4.78, 5) is 4.42. The third-order valence-electron chi connectivity index (χ3n) is 2.21. The molecule has 0 atom stereocenters. The van der Waals surface area contributed by atoms with Crippen LogP contribution in [-0.2, 0) is 0 Å². The van der Waals surface area contributed by atoms with Crippen molar-refractivity contribution in [2.24, 2.45) is 0 Å². The van der Waals surface area contributed by atoms with E-state index >= 15 is 0 Å². The molecule has 15 heavy (non-hydrogen) atoms. The number of nitrogens with zero attached hydrogens (tertiary/aromatic N) is 1. The van der Waals surface area contributed by atoms with Crippen molar-refractivity contribution in [2.75, 3.05) is 23.4 Å². The van der Waals surface area contributed by atoms with Crippen LogP contribution in [0.25, 0.3) is 0 Å². The molecule has 1 N–H and O–H groups in total. The molecule has 0 aliphatic carbocycles. The Morgan fingerprint density at radius 1 is 1.33 bits per heavy atom. The zero-order chi connectivity index (χ0) is 11.1. The van der Waals surface area contributed by atoms with Gasteiger partial charge in [0.05, 0.1) is 11.4 Å². The van der Waals surface area contributed by atoms with Crippen LogP contribution in [0.4, 0.5) is 5.69 Å². The summed E-state index contributed by atoms with van der Waals surface area (Å²) >= 11 is 1.99. The molecule has 0 amide bonds. The molecule has 0 saturated heterocycles. The van der Waals surface area contributed by atoms with E-state index in [2.05, 4.69) is 36.3 Å². The van der Waals surface area contributed by atoms with E-state index in [0.29, 0.717) is 0 Å². The molecule has 0 aliphatic heterocycles. The summed E-state index contributed by atoms with van der Waals surface area (Å²) in [5.41, 5.74) is 3.35. The van der Waals surface area contributed by atoms with Gasteiger partial charge in [-0.1, -0.05) is 6.92 Å². The first-order chi connectivity index (χ1) is 7.24. The van der Waals surface area contributed by atoms with Crippen LogP contribution in [0.1, 0.15) is 24.7 Å². The lowest BCUT2D eigenvalue weighted by Gasteiger charge is -2.08. The minimum atomic E-state index is 1.04. The van der Waals surface area contributed by atoms with Crippen LogP contribution >= 0.6 is 11.8 Å². The summed E-state index contributed by atoms with van der Waals surface area (Å²) in [5.74, 6) is 2.45. The van der Waals surface area contributed by atoms with E-state index < -0.39 is 0 Å². The predicted octanol–water partition coefficient (Wildman–Crippen LogP) is 3.25. The Hall–Kier alpha value is -0.700. The molecule has 3 heteroatoms. The molecule has 1 rings (SSSR count). The van der Waals surface area contributed by atoms with E-state index in [4.69, 9.17) is 0 Å². The maximum atomic E-state index is 4.42. The molecule has 0 fully saturated rings.